The van der Waals surface area contributed by atoms with Crippen molar-refractivity contribution in [1.29, 1.82) is 0 Å². The van der Waals surface area contributed by atoms with Crippen molar-refractivity contribution >= 4 is 0 Å². The van der Waals surface area contributed by atoms with Crippen molar-refractivity contribution in [2.24, 2.45) is 5.92 Å². The van der Waals surface area contributed by atoms with E-state index in [9.17, 15) is 13.2 Å². The molecule has 0 radical (unpaired) electrons. The standard InChI is InChI=1S/C9H7F3/c1-2-7-3-5-8(6-4-7)9(10,11)12/h1,3,5-7H,4H2. The quantitative estimate of drug-likeness (QED) is 0.493. The molecule has 0 aliphatic heterocycles. The Kier molecular flexibility index (Phi) is 2.27. The lowest BCUT2D eigenvalue weighted by atomic mass is 9.97. The number of halogens is 3. The Bertz CT molecular complexity index is 262. The summed E-state index contributed by atoms with van der Waals surface area (Å²) >= 11 is 0. The highest BCUT2D eigenvalue weighted by Crippen LogP contribution is 2.30. The van der Waals surface area contributed by atoms with Crippen LogP contribution in [0, 0.1) is 18.3 Å². The summed E-state index contributed by atoms with van der Waals surface area (Å²) in [6.45, 7) is 0. The molecule has 0 heterocycles. The lowest BCUT2D eigenvalue weighted by Gasteiger charge is -2.13. The topological polar surface area (TPSA) is 0 Å². The Hall–Kier alpha value is -1.17. The molecule has 12 heavy (non-hydrogen) atoms. The Labute approximate surface area is 68.8 Å². The summed E-state index contributed by atoms with van der Waals surface area (Å²) < 4.78 is 36.0. The van der Waals surface area contributed by atoms with Gasteiger partial charge in [0, 0.05) is 5.92 Å². The molecule has 0 fully saturated rings. The van der Waals surface area contributed by atoms with E-state index >= 15 is 0 Å². The molecule has 0 nitrogen and oxygen atoms in total. The van der Waals surface area contributed by atoms with Gasteiger partial charge < -0.3 is 0 Å². The third-order valence-corrected chi connectivity index (χ3v) is 1.64. The predicted molar refractivity (Wildman–Crippen MR) is 40.2 cm³/mol. The van der Waals surface area contributed by atoms with E-state index in [4.69, 9.17) is 6.42 Å². The monoisotopic (exact) mass is 172 g/mol. The highest BCUT2D eigenvalue weighted by Gasteiger charge is 2.32. The zero-order chi connectivity index (χ0) is 9.19. The van der Waals surface area contributed by atoms with Crippen LogP contribution in [-0.4, -0.2) is 6.18 Å². The van der Waals surface area contributed by atoms with Gasteiger partial charge in [0.2, 0.25) is 0 Å². The van der Waals surface area contributed by atoms with Crippen molar-refractivity contribution in [3.63, 3.8) is 0 Å². The largest absolute Gasteiger partial charge is 0.416 e. The fourth-order valence-electron chi connectivity index (χ4n) is 0.954. The molecular formula is C9H7F3. The third kappa shape index (κ3) is 1.91. The van der Waals surface area contributed by atoms with Crippen molar-refractivity contribution < 1.29 is 13.2 Å². The first-order chi connectivity index (χ1) is 5.54. The molecule has 0 aromatic heterocycles. The van der Waals surface area contributed by atoms with E-state index in [1.54, 1.807) is 0 Å². The van der Waals surface area contributed by atoms with E-state index in [2.05, 4.69) is 5.92 Å². The number of hydrogen-bond donors (Lipinski definition) is 0. The molecule has 1 aliphatic rings. The molecule has 1 rings (SSSR count). The van der Waals surface area contributed by atoms with Gasteiger partial charge in [-0.2, -0.15) is 13.2 Å². The normalized spacial score (nSPS) is 23.2. The van der Waals surface area contributed by atoms with E-state index in [1.165, 1.54) is 6.08 Å². The summed E-state index contributed by atoms with van der Waals surface area (Å²) in [5.74, 6) is 2.19. The second-order valence-corrected chi connectivity index (χ2v) is 2.53. The van der Waals surface area contributed by atoms with Gasteiger partial charge in [-0.1, -0.05) is 24.1 Å². The molecule has 0 bridgehead atoms. The molecule has 0 spiro atoms. The summed E-state index contributed by atoms with van der Waals surface area (Å²) in [5.41, 5.74) is -0.603. The molecule has 64 valence electrons. The van der Waals surface area contributed by atoms with Crippen molar-refractivity contribution in [3.05, 3.63) is 23.8 Å². The van der Waals surface area contributed by atoms with Gasteiger partial charge in [0.15, 0.2) is 0 Å². The Morgan fingerprint density at radius 2 is 2.17 bits per heavy atom. The molecule has 0 saturated heterocycles. The Morgan fingerprint density at radius 3 is 2.50 bits per heavy atom. The lowest BCUT2D eigenvalue weighted by Crippen LogP contribution is -2.12. The maximum Gasteiger partial charge on any atom is 0.416 e. The minimum Gasteiger partial charge on any atom is -0.166 e. The first-order valence-electron chi connectivity index (χ1n) is 3.45. The lowest BCUT2D eigenvalue weighted by molar-refractivity contribution is -0.0886. The second-order valence-electron chi connectivity index (χ2n) is 2.53. The molecule has 0 saturated carbocycles. The van der Waals surface area contributed by atoms with E-state index in [-0.39, 0.29) is 12.3 Å². The summed E-state index contributed by atoms with van der Waals surface area (Å²) in [6, 6.07) is 0. The fraction of sp³-hybridized carbons (Fsp3) is 0.333. The van der Waals surface area contributed by atoms with E-state index < -0.39 is 11.7 Å². The average Bonchev–Trinajstić information content (AvgIpc) is 2.03. The van der Waals surface area contributed by atoms with E-state index in [0.717, 1.165) is 12.2 Å². The number of allylic oxidation sites excluding steroid dienone is 4. The average molecular weight is 172 g/mol. The van der Waals surface area contributed by atoms with Gasteiger partial charge >= 0.3 is 6.18 Å². The van der Waals surface area contributed by atoms with Crippen molar-refractivity contribution in [2.45, 2.75) is 12.6 Å². The van der Waals surface area contributed by atoms with Crippen LogP contribution in [0.2, 0.25) is 0 Å². The van der Waals surface area contributed by atoms with Crippen LogP contribution in [0.15, 0.2) is 23.8 Å². The Morgan fingerprint density at radius 1 is 1.50 bits per heavy atom. The highest BCUT2D eigenvalue weighted by molar-refractivity contribution is 5.30. The summed E-state index contributed by atoms with van der Waals surface area (Å²) in [6.07, 6.45) is 4.66. The van der Waals surface area contributed by atoms with Gasteiger partial charge in [-0.25, -0.2) is 0 Å². The first-order valence-corrected chi connectivity index (χ1v) is 3.45. The maximum absolute atomic E-state index is 12.0. The fourth-order valence-corrected chi connectivity index (χ4v) is 0.954. The van der Waals surface area contributed by atoms with Crippen LogP contribution in [0.1, 0.15) is 6.42 Å². The molecule has 0 aromatic carbocycles. The minimum atomic E-state index is -4.24. The number of alkyl halides is 3. The van der Waals surface area contributed by atoms with Crippen molar-refractivity contribution in [2.75, 3.05) is 0 Å². The zero-order valence-corrected chi connectivity index (χ0v) is 6.23. The van der Waals surface area contributed by atoms with Crippen LogP contribution in [0.3, 0.4) is 0 Å². The van der Waals surface area contributed by atoms with E-state index in [0.29, 0.717) is 0 Å². The molecule has 0 aromatic rings. The molecule has 0 N–H and O–H groups in total. The van der Waals surface area contributed by atoms with Crippen LogP contribution in [0.25, 0.3) is 0 Å². The molecule has 3 heteroatoms. The van der Waals surface area contributed by atoms with Gasteiger partial charge in [-0.15, -0.1) is 6.42 Å². The predicted octanol–water partition coefficient (Wildman–Crippen LogP) is 2.68. The second kappa shape index (κ2) is 3.06. The summed E-state index contributed by atoms with van der Waals surface area (Å²) in [5, 5.41) is 0. The van der Waals surface area contributed by atoms with Gasteiger partial charge in [0.05, 0.1) is 5.57 Å². The minimum absolute atomic E-state index is 0.184. The SMILES string of the molecule is C#CC1C=CC(C(F)(F)F)=CC1. The molecule has 0 amide bonds. The van der Waals surface area contributed by atoms with Crippen molar-refractivity contribution in [1.82, 2.24) is 0 Å². The van der Waals surface area contributed by atoms with Crippen molar-refractivity contribution in [3.8, 4) is 12.3 Å². The summed E-state index contributed by atoms with van der Waals surface area (Å²) in [4.78, 5) is 0. The van der Waals surface area contributed by atoms with Gasteiger partial charge in [0.1, 0.15) is 0 Å². The highest BCUT2D eigenvalue weighted by atomic mass is 19.4. The summed E-state index contributed by atoms with van der Waals surface area (Å²) in [7, 11) is 0. The van der Waals surface area contributed by atoms with Crippen LogP contribution < -0.4 is 0 Å². The zero-order valence-electron chi connectivity index (χ0n) is 6.23. The van der Waals surface area contributed by atoms with Crippen LogP contribution >= 0.6 is 0 Å². The first kappa shape index (κ1) is 8.92. The van der Waals surface area contributed by atoms with Crippen LogP contribution in [-0.2, 0) is 0 Å². The van der Waals surface area contributed by atoms with Gasteiger partial charge in [0.25, 0.3) is 0 Å². The Balaban J connectivity index is 2.72. The number of rotatable bonds is 0. The molecule has 1 aliphatic carbocycles. The molecule has 1 atom stereocenters. The van der Waals surface area contributed by atoms with Gasteiger partial charge in [-0.05, 0) is 6.42 Å². The van der Waals surface area contributed by atoms with Crippen LogP contribution in [0.4, 0.5) is 13.2 Å². The number of hydrogen-bond acceptors (Lipinski definition) is 0. The number of terminal acetylenes is 1. The molecular weight excluding hydrogens is 165 g/mol. The third-order valence-electron chi connectivity index (χ3n) is 1.64. The molecule has 1 unspecified atom stereocenters. The smallest absolute Gasteiger partial charge is 0.166 e. The van der Waals surface area contributed by atoms with Gasteiger partial charge in [-0.3, -0.25) is 0 Å². The maximum atomic E-state index is 12.0. The van der Waals surface area contributed by atoms with Crippen LogP contribution in [0.5, 0.6) is 0 Å². The van der Waals surface area contributed by atoms with E-state index in [1.807, 2.05) is 0 Å².